The van der Waals surface area contributed by atoms with Crippen LogP contribution in [-0.2, 0) is 0 Å². The largest absolute Gasteiger partial charge is 0.381 e. The molecular weight excluding hydrogens is 170 g/mol. The Kier molecular flexibility index (Phi) is 2.73. The molecule has 0 fully saturated rings. The summed E-state index contributed by atoms with van der Waals surface area (Å²) < 4.78 is 0. The summed E-state index contributed by atoms with van der Waals surface area (Å²) in [7, 11) is 0. The van der Waals surface area contributed by atoms with E-state index in [4.69, 9.17) is 11.6 Å². The molecule has 0 bridgehead atoms. The van der Waals surface area contributed by atoms with Crippen LogP contribution in [0.2, 0.25) is 0 Å². The molecule has 0 atom stereocenters. The molecule has 0 unspecified atom stereocenters. The van der Waals surface area contributed by atoms with E-state index >= 15 is 0 Å². The lowest BCUT2D eigenvalue weighted by atomic mass is 10.3. The van der Waals surface area contributed by atoms with Crippen molar-refractivity contribution in [2.75, 3.05) is 18.1 Å². The van der Waals surface area contributed by atoms with Gasteiger partial charge in [0.15, 0.2) is 5.82 Å². The Bertz CT molecular complexity index is 306. The fourth-order valence-electron chi connectivity index (χ4n) is 0.914. The second-order valence-electron chi connectivity index (χ2n) is 2.66. The van der Waals surface area contributed by atoms with Crippen molar-refractivity contribution in [1.29, 1.82) is 0 Å². The van der Waals surface area contributed by atoms with Crippen LogP contribution in [0.1, 0.15) is 23.7 Å². The molecule has 6 heteroatoms. The number of carbonyl (C=O) groups excluding carboxylic acids is 1. The van der Waals surface area contributed by atoms with Crippen molar-refractivity contribution < 1.29 is 4.79 Å². The summed E-state index contributed by atoms with van der Waals surface area (Å²) in [4.78, 5) is 12.4. The summed E-state index contributed by atoms with van der Waals surface area (Å²) in [6, 6.07) is 0. The van der Waals surface area contributed by atoms with Gasteiger partial charge in [-0.1, -0.05) is 6.92 Å². The maximum Gasteiger partial charge on any atom is 0.256 e. The fraction of sp³-hybridized carbons (Fsp3) is 0.429. The van der Waals surface area contributed by atoms with E-state index in [1.54, 1.807) is 0 Å². The quantitative estimate of drug-likeness (QED) is 0.540. The van der Waals surface area contributed by atoms with Gasteiger partial charge in [-0.15, -0.1) is 5.10 Å². The van der Waals surface area contributed by atoms with Crippen molar-refractivity contribution in [1.82, 2.24) is 15.2 Å². The Morgan fingerprint density at radius 1 is 1.77 bits per heavy atom. The molecule has 0 saturated heterocycles. The lowest BCUT2D eigenvalue weighted by molar-refractivity contribution is 0.0954. The van der Waals surface area contributed by atoms with E-state index in [2.05, 4.69) is 10.4 Å². The summed E-state index contributed by atoms with van der Waals surface area (Å²) in [6.45, 7) is 2.59. The van der Waals surface area contributed by atoms with E-state index in [-0.39, 0.29) is 11.7 Å². The minimum Gasteiger partial charge on any atom is -0.381 e. The van der Waals surface area contributed by atoms with Crippen molar-refractivity contribution in [3.05, 3.63) is 11.8 Å². The molecular formula is C7H13N5O. The number of aromatic nitrogens is 2. The van der Waals surface area contributed by atoms with E-state index in [9.17, 15) is 4.79 Å². The molecule has 0 saturated carbocycles. The van der Waals surface area contributed by atoms with Gasteiger partial charge in [-0.25, -0.2) is 0 Å². The van der Waals surface area contributed by atoms with Gasteiger partial charge in [0.25, 0.3) is 5.91 Å². The molecule has 0 radical (unpaired) electrons. The Labute approximate surface area is 75.9 Å². The first-order chi connectivity index (χ1) is 6.15. The number of hydrogen-bond acceptors (Lipinski definition) is 4. The first kappa shape index (κ1) is 9.37. The Balaban J connectivity index is 2.70. The number of amides is 1. The van der Waals surface area contributed by atoms with Gasteiger partial charge in [0.1, 0.15) is 5.56 Å². The lowest BCUT2D eigenvalue weighted by Crippen LogP contribution is -2.24. The summed E-state index contributed by atoms with van der Waals surface area (Å²) in [5.41, 5.74) is 5.76. The van der Waals surface area contributed by atoms with Gasteiger partial charge in [0.2, 0.25) is 0 Å². The van der Waals surface area contributed by atoms with Crippen molar-refractivity contribution in [3.63, 3.8) is 0 Å². The minimum atomic E-state index is -0.240. The van der Waals surface area contributed by atoms with Crippen LogP contribution >= 0.6 is 0 Å². The van der Waals surface area contributed by atoms with Crippen molar-refractivity contribution in [3.8, 4) is 0 Å². The van der Waals surface area contributed by atoms with E-state index in [1.807, 2.05) is 6.92 Å². The van der Waals surface area contributed by atoms with Gasteiger partial charge in [-0.05, 0) is 6.42 Å². The molecule has 13 heavy (non-hydrogen) atoms. The average Bonchev–Trinajstić information content (AvgIpc) is 2.41. The molecule has 0 aliphatic rings. The number of hydrogen-bond donors (Lipinski definition) is 3. The molecule has 1 aromatic rings. The molecule has 0 spiro atoms. The predicted molar refractivity (Wildman–Crippen MR) is 49.4 cm³/mol. The average molecular weight is 183 g/mol. The SMILES string of the molecule is CCCNC(=O)c1cn(N)nc1N. The lowest BCUT2D eigenvalue weighted by Gasteiger charge is -2.00. The molecule has 1 heterocycles. The number of nitrogens with zero attached hydrogens (tertiary/aromatic N) is 2. The Morgan fingerprint density at radius 2 is 2.46 bits per heavy atom. The van der Waals surface area contributed by atoms with Crippen molar-refractivity contribution >= 4 is 11.7 Å². The molecule has 0 aliphatic carbocycles. The van der Waals surface area contributed by atoms with Crippen LogP contribution in [0.4, 0.5) is 5.82 Å². The zero-order valence-electron chi connectivity index (χ0n) is 7.45. The maximum atomic E-state index is 11.3. The predicted octanol–water partition coefficient (Wildman–Crippen LogP) is -0.681. The van der Waals surface area contributed by atoms with Gasteiger partial charge in [0, 0.05) is 6.54 Å². The monoisotopic (exact) mass is 183 g/mol. The van der Waals surface area contributed by atoms with E-state index in [0.29, 0.717) is 12.1 Å². The highest BCUT2D eigenvalue weighted by Crippen LogP contribution is 2.06. The third-order valence-electron chi connectivity index (χ3n) is 1.54. The molecule has 0 aliphatic heterocycles. The van der Waals surface area contributed by atoms with Crippen molar-refractivity contribution in [2.24, 2.45) is 0 Å². The molecule has 6 nitrogen and oxygen atoms in total. The number of rotatable bonds is 3. The van der Waals surface area contributed by atoms with Gasteiger partial charge in [0.05, 0.1) is 6.20 Å². The highest BCUT2D eigenvalue weighted by Gasteiger charge is 2.12. The first-order valence-electron chi connectivity index (χ1n) is 4.03. The Morgan fingerprint density at radius 3 is 2.92 bits per heavy atom. The van der Waals surface area contributed by atoms with E-state index in [1.165, 1.54) is 6.20 Å². The highest BCUT2D eigenvalue weighted by atomic mass is 16.1. The van der Waals surface area contributed by atoms with Crippen LogP contribution in [0, 0.1) is 0 Å². The topological polar surface area (TPSA) is 99.0 Å². The minimum absolute atomic E-state index is 0.149. The number of nitrogens with one attached hydrogen (secondary N) is 1. The summed E-state index contributed by atoms with van der Waals surface area (Å²) in [5, 5.41) is 6.33. The maximum absolute atomic E-state index is 11.3. The van der Waals surface area contributed by atoms with Gasteiger partial charge in [-0.2, -0.15) is 4.79 Å². The van der Waals surface area contributed by atoms with Crippen LogP contribution in [0.3, 0.4) is 0 Å². The second-order valence-corrected chi connectivity index (χ2v) is 2.66. The normalized spacial score (nSPS) is 9.92. The molecule has 1 aromatic heterocycles. The first-order valence-corrected chi connectivity index (χ1v) is 4.03. The van der Waals surface area contributed by atoms with E-state index in [0.717, 1.165) is 11.2 Å². The standard InChI is InChI=1S/C7H13N5O/c1-2-3-10-7(13)5-4-12(9)11-6(5)8/h4H,2-3,9H2,1H3,(H2,8,11)(H,10,13). The summed E-state index contributed by atoms with van der Waals surface area (Å²) in [5.74, 6) is 5.20. The fourth-order valence-corrected chi connectivity index (χ4v) is 0.914. The van der Waals surface area contributed by atoms with Crippen LogP contribution < -0.4 is 16.9 Å². The highest BCUT2D eigenvalue weighted by molar-refractivity contribution is 5.98. The molecule has 5 N–H and O–H groups in total. The molecule has 72 valence electrons. The summed E-state index contributed by atoms with van der Waals surface area (Å²) in [6.07, 6.45) is 2.27. The smallest absolute Gasteiger partial charge is 0.256 e. The van der Waals surface area contributed by atoms with Gasteiger partial charge < -0.3 is 16.9 Å². The number of nitrogens with two attached hydrogens (primary N) is 2. The van der Waals surface area contributed by atoms with Crippen LogP contribution in [0.15, 0.2) is 6.20 Å². The zero-order valence-corrected chi connectivity index (χ0v) is 7.45. The third-order valence-corrected chi connectivity index (χ3v) is 1.54. The zero-order chi connectivity index (χ0) is 9.84. The second kappa shape index (κ2) is 3.79. The summed E-state index contributed by atoms with van der Waals surface area (Å²) >= 11 is 0. The van der Waals surface area contributed by atoms with E-state index < -0.39 is 0 Å². The number of nitrogen functional groups attached to an aromatic ring is 2. The number of anilines is 1. The van der Waals surface area contributed by atoms with Crippen LogP contribution in [0.25, 0.3) is 0 Å². The van der Waals surface area contributed by atoms with Gasteiger partial charge >= 0.3 is 0 Å². The molecule has 1 amide bonds. The van der Waals surface area contributed by atoms with Crippen LogP contribution in [0.5, 0.6) is 0 Å². The molecule has 0 aromatic carbocycles. The third kappa shape index (κ3) is 2.11. The van der Waals surface area contributed by atoms with Crippen molar-refractivity contribution in [2.45, 2.75) is 13.3 Å². The van der Waals surface area contributed by atoms with Crippen LogP contribution in [-0.4, -0.2) is 22.3 Å². The number of carbonyl (C=O) groups is 1. The van der Waals surface area contributed by atoms with Gasteiger partial charge in [-0.3, -0.25) is 4.79 Å². The Hall–Kier alpha value is -1.72. The molecule has 1 rings (SSSR count).